The fourth-order valence-corrected chi connectivity index (χ4v) is 5.72. The number of carbonyl (C=O) groups is 1. The Bertz CT molecular complexity index is 1220. The molecule has 0 amide bonds. The van der Waals surface area contributed by atoms with Crippen molar-refractivity contribution in [3.8, 4) is 17.6 Å². The van der Waals surface area contributed by atoms with Crippen molar-refractivity contribution in [3.63, 3.8) is 0 Å². The molecule has 2 unspecified atom stereocenters. The molecule has 224 valence electrons. The second-order valence-corrected chi connectivity index (χ2v) is 11.2. The Morgan fingerprint density at radius 1 is 0.786 bits per heavy atom. The molecular formula is C38H48O4. The summed E-state index contributed by atoms with van der Waals surface area (Å²) < 4.78 is 5.24. The van der Waals surface area contributed by atoms with E-state index in [0.29, 0.717) is 18.6 Å². The number of hydrogen-bond acceptors (Lipinski definition) is 4. The van der Waals surface area contributed by atoms with Crippen LogP contribution in [0.4, 0.5) is 0 Å². The summed E-state index contributed by atoms with van der Waals surface area (Å²) in [5, 5.41) is 20.2. The minimum Gasteiger partial charge on any atom is -0.497 e. The number of aliphatic hydroxyl groups is 2. The van der Waals surface area contributed by atoms with Crippen LogP contribution in [0.1, 0.15) is 92.9 Å². The van der Waals surface area contributed by atoms with Gasteiger partial charge in [0.05, 0.1) is 7.11 Å². The van der Waals surface area contributed by atoms with Gasteiger partial charge in [0.2, 0.25) is 0 Å². The highest BCUT2D eigenvalue weighted by atomic mass is 16.5. The molecule has 3 atom stereocenters. The van der Waals surface area contributed by atoms with Crippen molar-refractivity contribution in [2.24, 2.45) is 11.8 Å². The number of carbonyl (C=O) groups excluding carboxylic acids is 1. The summed E-state index contributed by atoms with van der Waals surface area (Å²) in [6.45, 7) is 2.31. The van der Waals surface area contributed by atoms with Crippen LogP contribution in [0.15, 0.2) is 78.9 Å². The first-order valence-electron chi connectivity index (χ1n) is 15.6. The largest absolute Gasteiger partial charge is 0.497 e. The molecule has 4 nitrogen and oxygen atoms in total. The zero-order valence-electron chi connectivity index (χ0n) is 25.4. The maximum Gasteiger partial charge on any atom is 0.135 e. The van der Waals surface area contributed by atoms with Crippen LogP contribution in [0.2, 0.25) is 0 Å². The highest BCUT2D eigenvalue weighted by Gasteiger charge is 2.24. The molecule has 3 rings (SSSR count). The van der Waals surface area contributed by atoms with Gasteiger partial charge in [-0.25, -0.2) is 0 Å². The Labute approximate surface area is 253 Å². The quantitative estimate of drug-likeness (QED) is 0.154. The lowest BCUT2D eigenvalue weighted by atomic mass is 9.80. The molecule has 3 aromatic carbocycles. The summed E-state index contributed by atoms with van der Waals surface area (Å²) in [5.41, 5.74) is 4.26. The Balaban J connectivity index is 1.55. The van der Waals surface area contributed by atoms with E-state index < -0.39 is 0 Å². The fourth-order valence-electron chi connectivity index (χ4n) is 5.72. The maximum atomic E-state index is 13.2. The van der Waals surface area contributed by atoms with E-state index >= 15 is 0 Å². The summed E-state index contributed by atoms with van der Waals surface area (Å²) in [4.78, 5) is 13.2. The third kappa shape index (κ3) is 11.1. The molecule has 3 aromatic rings. The molecule has 2 N–H and O–H groups in total. The lowest BCUT2D eigenvalue weighted by molar-refractivity contribution is -0.123. The van der Waals surface area contributed by atoms with Crippen LogP contribution in [-0.2, 0) is 11.2 Å². The van der Waals surface area contributed by atoms with Crippen LogP contribution in [0.5, 0.6) is 5.75 Å². The monoisotopic (exact) mass is 568 g/mol. The van der Waals surface area contributed by atoms with Gasteiger partial charge in [-0.3, -0.25) is 4.79 Å². The highest BCUT2D eigenvalue weighted by Crippen LogP contribution is 2.33. The Morgan fingerprint density at radius 3 is 2.07 bits per heavy atom. The standard InChI is InChI=1S/C38H48O4/c1-3-4-13-34(38(41)16-8-12-31-21-25-36(42-2)26-22-31)14-9-15-35(29-40)37(27-28-39)33-23-19-32(20-24-33)18-17-30-10-6-5-7-11-30/h5-7,10-11,19-26,34-35,37,39-40H,3-4,8-9,12-16,27-29H2,1-2H3/t34?,35?,37-/m1/s1. The molecule has 42 heavy (non-hydrogen) atoms. The van der Waals surface area contributed by atoms with Gasteiger partial charge in [0.1, 0.15) is 11.5 Å². The molecule has 0 aliphatic heterocycles. The fraction of sp³-hybridized carbons (Fsp3) is 0.447. The zero-order valence-corrected chi connectivity index (χ0v) is 25.4. The van der Waals surface area contributed by atoms with E-state index in [1.165, 1.54) is 5.56 Å². The van der Waals surface area contributed by atoms with E-state index in [2.05, 4.69) is 43.0 Å². The van der Waals surface area contributed by atoms with Crippen molar-refractivity contribution >= 4 is 5.78 Å². The Hall–Kier alpha value is -3.39. The Morgan fingerprint density at radius 2 is 1.45 bits per heavy atom. The van der Waals surface area contributed by atoms with Crippen LogP contribution in [0, 0.1) is 23.7 Å². The number of hydrogen-bond donors (Lipinski definition) is 2. The SMILES string of the molecule is CCCCC(CCCC(CO)[C@H](CCO)c1ccc(C#Cc2ccccc2)cc1)C(=O)CCCc1ccc(OC)cc1. The minimum absolute atomic E-state index is 0.0374. The third-order valence-corrected chi connectivity index (χ3v) is 8.24. The van der Waals surface area contributed by atoms with Crippen LogP contribution in [-0.4, -0.2) is 36.3 Å². The molecule has 4 heteroatoms. The second kappa shape index (κ2) is 18.9. The first-order valence-corrected chi connectivity index (χ1v) is 15.6. The van der Waals surface area contributed by atoms with Crippen molar-refractivity contribution in [3.05, 3.63) is 101 Å². The van der Waals surface area contributed by atoms with E-state index in [4.69, 9.17) is 4.74 Å². The summed E-state index contributed by atoms with van der Waals surface area (Å²) >= 11 is 0. The van der Waals surface area contributed by atoms with Crippen molar-refractivity contribution in [1.82, 2.24) is 0 Å². The predicted octanol–water partition coefficient (Wildman–Crippen LogP) is 7.74. The number of ether oxygens (including phenoxy) is 1. The van der Waals surface area contributed by atoms with Gasteiger partial charge in [-0.1, -0.05) is 80.5 Å². The number of aryl methyl sites for hydroxylation is 1. The van der Waals surface area contributed by atoms with E-state index in [9.17, 15) is 15.0 Å². The van der Waals surface area contributed by atoms with Crippen molar-refractivity contribution in [2.75, 3.05) is 20.3 Å². The normalized spacial score (nSPS) is 13.0. The first kappa shape index (κ1) is 33.1. The minimum atomic E-state index is 0.0374. The summed E-state index contributed by atoms with van der Waals surface area (Å²) in [7, 11) is 1.67. The van der Waals surface area contributed by atoms with Gasteiger partial charge in [0, 0.05) is 36.7 Å². The lowest BCUT2D eigenvalue weighted by Gasteiger charge is -2.26. The van der Waals surface area contributed by atoms with E-state index in [0.717, 1.165) is 73.8 Å². The molecule has 0 spiro atoms. The van der Waals surface area contributed by atoms with E-state index in [1.807, 2.05) is 54.6 Å². The molecule has 0 aromatic heterocycles. The predicted molar refractivity (Wildman–Crippen MR) is 172 cm³/mol. The van der Waals surface area contributed by atoms with Crippen molar-refractivity contribution in [1.29, 1.82) is 0 Å². The molecule has 0 heterocycles. The van der Waals surface area contributed by atoms with Crippen LogP contribution in [0.25, 0.3) is 0 Å². The van der Waals surface area contributed by atoms with Crippen molar-refractivity contribution < 1.29 is 19.7 Å². The van der Waals surface area contributed by atoms with Crippen LogP contribution >= 0.6 is 0 Å². The molecule has 0 radical (unpaired) electrons. The average molecular weight is 569 g/mol. The number of methoxy groups -OCH3 is 1. The summed E-state index contributed by atoms with van der Waals surface area (Å²) in [6.07, 6.45) is 8.62. The third-order valence-electron chi connectivity index (χ3n) is 8.24. The average Bonchev–Trinajstić information content (AvgIpc) is 3.03. The molecule has 0 bridgehead atoms. The van der Waals surface area contributed by atoms with Gasteiger partial charge in [-0.2, -0.15) is 0 Å². The second-order valence-electron chi connectivity index (χ2n) is 11.2. The Kier molecular flexibility index (Phi) is 14.9. The highest BCUT2D eigenvalue weighted by molar-refractivity contribution is 5.80. The van der Waals surface area contributed by atoms with Gasteiger partial charge in [0.15, 0.2) is 0 Å². The summed E-state index contributed by atoms with van der Waals surface area (Å²) in [5.74, 6) is 7.81. The molecule has 0 fully saturated rings. The van der Waals surface area contributed by atoms with Gasteiger partial charge in [0.25, 0.3) is 0 Å². The van der Waals surface area contributed by atoms with E-state index in [-0.39, 0.29) is 31.0 Å². The molecule has 0 saturated carbocycles. The van der Waals surface area contributed by atoms with E-state index in [1.54, 1.807) is 7.11 Å². The molecular weight excluding hydrogens is 520 g/mol. The smallest absolute Gasteiger partial charge is 0.135 e. The number of rotatable bonds is 18. The molecule has 0 aliphatic rings. The van der Waals surface area contributed by atoms with Gasteiger partial charge < -0.3 is 14.9 Å². The number of aliphatic hydroxyl groups excluding tert-OH is 2. The lowest BCUT2D eigenvalue weighted by Crippen LogP contribution is -2.20. The topological polar surface area (TPSA) is 66.8 Å². The van der Waals surface area contributed by atoms with Gasteiger partial charge in [-0.15, -0.1) is 0 Å². The molecule has 0 aliphatic carbocycles. The summed E-state index contributed by atoms with van der Waals surface area (Å²) in [6, 6.07) is 26.2. The number of Topliss-reactive ketones (excluding diaryl/α,β-unsaturated/α-hetero) is 1. The van der Waals surface area contributed by atoms with Crippen LogP contribution < -0.4 is 4.74 Å². The van der Waals surface area contributed by atoms with Crippen LogP contribution in [0.3, 0.4) is 0 Å². The van der Waals surface area contributed by atoms with Crippen molar-refractivity contribution in [2.45, 2.75) is 77.0 Å². The van der Waals surface area contributed by atoms with Gasteiger partial charge >= 0.3 is 0 Å². The number of ketones is 1. The van der Waals surface area contributed by atoms with Gasteiger partial charge in [-0.05, 0) is 97.9 Å². The number of unbranched alkanes of at least 4 members (excludes halogenated alkanes) is 1. The zero-order chi connectivity index (χ0) is 30.0. The maximum absolute atomic E-state index is 13.2. The molecule has 0 saturated heterocycles. The number of benzene rings is 3. The first-order chi connectivity index (χ1) is 20.6.